The van der Waals surface area contributed by atoms with Gasteiger partial charge in [0.2, 0.25) is 0 Å². The molecule has 0 spiro atoms. The summed E-state index contributed by atoms with van der Waals surface area (Å²) in [6.07, 6.45) is 7.29. The van der Waals surface area contributed by atoms with E-state index in [2.05, 4.69) is 44.5 Å². The van der Waals surface area contributed by atoms with E-state index in [1.165, 1.54) is 0 Å². The van der Waals surface area contributed by atoms with Gasteiger partial charge in [-0.3, -0.25) is 9.48 Å². The summed E-state index contributed by atoms with van der Waals surface area (Å²) in [5, 5.41) is 21.2. The van der Waals surface area contributed by atoms with Crippen LogP contribution in [0.2, 0.25) is 0 Å². The zero-order valence-electron chi connectivity index (χ0n) is 21.9. The molecular weight excluding hydrogens is 492 g/mol. The maximum absolute atomic E-state index is 12.8. The molecule has 3 N–H and O–H groups in total. The summed E-state index contributed by atoms with van der Waals surface area (Å²) in [5.74, 6) is 1.67. The summed E-state index contributed by atoms with van der Waals surface area (Å²) in [6, 6.07) is 15.6. The number of rotatable bonds is 6. The van der Waals surface area contributed by atoms with E-state index in [9.17, 15) is 4.79 Å². The van der Waals surface area contributed by atoms with Crippen LogP contribution in [0.3, 0.4) is 0 Å². The van der Waals surface area contributed by atoms with Gasteiger partial charge in [0, 0.05) is 48.2 Å². The second kappa shape index (κ2) is 10.2. The lowest BCUT2D eigenvalue weighted by Crippen LogP contribution is -2.39. The second-order valence-corrected chi connectivity index (χ2v) is 10.1. The molecule has 0 radical (unpaired) electrons. The Morgan fingerprint density at radius 2 is 1.82 bits per heavy atom. The lowest BCUT2D eigenvalue weighted by atomic mass is 10.0. The maximum Gasteiger partial charge on any atom is 0.253 e. The number of nitrogens with zero attached hydrogens (tertiary/aromatic N) is 8. The van der Waals surface area contributed by atoms with Gasteiger partial charge in [-0.05, 0) is 57.0 Å². The van der Waals surface area contributed by atoms with Crippen molar-refractivity contribution in [3.63, 3.8) is 0 Å². The van der Waals surface area contributed by atoms with Crippen molar-refractivity contribution in [2.24, 2.45) is 0 Å². The molecule has 1 aliphatic rings. The number of carbonyl (C=O) groups excluding carboxylic acids is 1. The smallest absolute Gasteiger partial charge is 0.253 e. The van der Waals surface area contributed by atoms with Gasteiger partial charge in [0.25, 0.3) is 5.91 Å². The van der Waals surface area contributed by atoms with E-state index in [1.807, 2.05) is 70.5 Å². The van der Waals surface area contributed by atoms with Crippen molar-refractivity contribution in [3.05, 3.63) is 72.7 Å². The first kappa shape index (κ1) is 24.5. The SMILES string of the molecule is CC(C)Nc1ccc2nnc(-c3cc(-c4cnn(C5CCN(C(=O)c6ccccc6)CC5)c4)cnc3N)n2n1. The molecule has 0 unspecified atom stereocenters. The summed E-state index contributed by atoms with van der Waals surface area (Å²) in [4.78, 5) is 19.2. The number of fused-ring (bicyclic) bond motifs is 1. The molecule has 0 atom stereocenters. The highest BCUT2D eigenvalue weighted by Gasteiger charge is 2.25. The highest BCUT2D eigenvalue weighted by Crippen LogP contribution is 2.30. The number of pyridine rings is 1. The van der Waals surface area contributed by atoms with Crippen molar-refractivity contribution in [2.75, 3.05) is 24.1 Å². The van der Waals surface area contributed by atoms with Gasteiger partial charge in [-0.1, -0.05) is 18.2 Å². The van der Waals surface area contributed by atoms with Crippen LogP contribution in [0.15, 0.2) is 67.1 Å². The van der Waals surface area contributed by atoms with E-state index in [0.717, 1.165) is 35.3 Å². The van der Waals surface area contributed by atoms with Gasteiger partial charge >= 0.3 is 0 Å². The van der Waals surface area contributed by atoms with Crippen molar-refractivity contribution in [1.29, 1.82) is 0 Å². The molecule has 39 heavy (non-hydrogen) atoms. The normalized spacial score (nSPS) is 14.3. The van der Waals surface area contributed by atoms with Crippen molar-refractivity contribution in [1.82, 2.24) is 39.5 Å². The number of nitrogens with one attached hydrogen (secondary N) is 1. The fourth-order valence-corrected chi connectivity index (χ4v) is 4.93. The van der Waals surface area contributed by atoms with Gasteiger partial charge in [-0.2, -0.15) is 9.61 Å². The Labute approximate surface area is 225 Å². The first-order chi connectivity index (χ1) is 19.0. The van der Waals surface area contributed by atoms with Crippen molar-refractivity contribution in [3.8, 4) is 22.5 Å². The number of nitrogens with two attached hydrogens (primary N) is 1. The number of aromatic nitrogens is 7. The first-order valence-corrected chi connectivity index (χ1v) is 13.1. The molecule has 11 heteroatoms. The number of anilines is 2. The molecule has 4 aromatic heterocycles. The van der Waals surface area contributed by atoms with Crippen LogP contribution in [-0.2, 0) is 0 Å². The van der Waals surface area contributed by atoms with Gasteiger partial charge in [0.05, 0.1) is 17.8 Å². The molecule has 198 valence electrons. The molecule has 5 aromatic rings. The van der Waals surface area contributed by atoms with Gasteiger partial charge in [-0.15, -0.1) is 15.3 Å². The van der Waals surface area contributed by atoms with Crippen molar-refractivity contribution in [2.45, 2.75) is 38.8 Å². The predicted octanol–water partition coefficient (Wildman–Crippen LogP) is 3.93. The fourth-order valence-electron chi connectivity index (χ4n) is 4.93. The number of hydrogen-bond donors (Lipinski definition) is 2. The molecule has 0 bridgehead atoms. The fraction of sp³-hybridized carbons (Fsp3) is 0.286. The van der Waals surface area contributed by atoms with E-state index in [4.69, 9.17) is 5.73 Å². The first-order valence-electron chi connectivity index (χ1n) is 13.1. The Morgan fingerprint density at radius 1 is 1.03 bits per heavy atom. The number of carbonyl (C=O) groups is 1. The lowest BCUT2D eigenvalue weighted by molar-refractivity contribution is 0.0690. The van der Waals surface area contributed by atoms with E-state index < -0.39 is 0 Å². The van der Waals surface area contributed by atoms with E-state index >= 15 is 0 Å². The highest BCUT2D eigenvalue weighted by molar-refractivity contribution is 5.94. The van der Waals surface area contributed by atoms with E-state index in [0.29, 0.717) is 35.9 Å². The molecular formula is C28H30N10O. The van der Waals surface area contributed by atoms with Gasteiger partial charge in [0.15, 0.2) is 11.5 Å². The van der Waals surface area contributed by atoms with Crippen LogP contribution in [0.4, 0.5) is 11.6 Å². The van der Waals surface area contributed by atoms with Gasteiger partial charge in [0.1, 0.15) is 11.6 Å². The average molecular weight is 523 g/mol. The molecule has 1 fully saturated rings. The largest absolute Gasteiger partial charge is 0.383 e. The molecule has 1 aromatic carbocycles. The Bertz CT molecular complexity index is 1620. The Hall–Kier alpha value is -4.80. The quantitative estimate of drug-likeness (QED) is 0.343. The third kappa shape index (κ3) is 4.90. The summed E-state index contributed by atoms with van der Waals surface area (Å²) in [6.45, 7) is 5.50. The third-order valence-electron chi connectivity index (χ3n) is 6.94. The van der Waals surface area contributed by atoms with Gasteiger partial charge in [-0.25, -0.2) is 4.98 Å². The Kier molecular flexibility index (Phi) is 6.39. The van der Waals surface area contributed by atoms with Crippen LogP contribution in [0.25, 0.3) is 28.2 Å². The summed E-state index contributed by atoms with van der Waals surface area (Å²) in [5.41, 5.74) is 10.1. The maximum atomic E-state index is 12.8. The van der Waals surface area contributed by atoms with Gasteiger partial charge < -0.3 is 16.0 Å². The number of hydrogen-bond acceptors (Lipinski definition) is 8. The summed E-state index contributed by atoms with van der Waals surface area (Å²) >= 11 is 0. The monoisotopic (exact) mass is 522 g/mol. The Morgan fingerprint density at radius 3 is 2.59 bits per heavy atom. The number of amides is 1. The minimum atomic E-state index is 0.0817. The average Bonchev–Trinajstić information content (AvgIpc) is 3.61. The standard InChI is InChI=1S/C28H30N10O/c1-18(2)32-24-8-9-25-33-34-27(38(25)35-24)23-14-20(15-30-26(23)29)21-16-31-37(17-21)22-10-12-36(13-11-22)28(39)19-6-4-3-5-7-19/h3-9,14-18,22H,10-13H2,1-2H3,(H2,29,30)(H,32,35). The van der Waals surface area contributed by atoms with Crippen molar-refractivity contribution < 1.29 is 4.79 Å². The number of likely N-dealkylation sites (tertiary alicyclic amines) is 1. The molecule has 11 nitrogen and oxygen atoms in total. The van der Waals surface area contributed by atoms with Crippen LogP contribution in [0.5, 0.6) is 0 Å². The Balaban J connectivity index is 1.21. The lowest BCUT2D eigenvalue weighted by Gasteiger charge is -2.32. The third-order valence-corrected chi connectivity index (χ3v) is 6.94. The van der Waals surface area contributed by atoms with E-state index in [1.54, 1.807) is 10.7 Å². The van der Waals surface area contributed by atoms with Crippen LogP contribution >= 0.6 is 0 Å². The molecule has 5 heterocycles. The topological polar surface area (TPSA) is 132 Å². The molecule has 1 aliphatic heterocycles. The van der Waals surface area contributed by atoms with E-state index in [-0.39, 0.29) is 18.0 Å². The summed E-state index contributed by atoms with van der Waals surface area (Å²) in [7, 11) is 0. The minimum Gasteiger partial charge on any atom is -0.383 e. The van der Waals surface area contributed by atoms with Crippen LogP contribution in [0.1, 0.15) is 43.1 Å². The highest BCUT2D eigenvalue weighted by atomic mass is 16.2. The zero-order valence-corrected chi connectivity index (χ0v) is 21.9. The van der Waals surface area contributed by atoms with Crippen molar-refractivity contribution >= 4 is 23.2 Å². The minimum absolute atomic E-state index is 0.0817. The number of piperidine rings is 1. The molecule has 0 saturated carbocycles. The molecule has 1 saturated heterocycles. The molecule has 6 rings (SSSR count). The summed E-state index contributed by atoms with van der Waals surface area (Å²) < 4.78 is 3.67. The number of benzene rings is 1. The number of nitrogen functional groups attached to an aromatic ring is 1. The molecule has 1 amide bonds. The van der Waals surface area contributed by atoms with Crippen LogP contribution in [0, 0.1) is 0 Å². The van der Waals surface area contributed by atoms with Crippen LogP contribution < -0.4 is 11.1 Å². The van der Waals surface area contributed by atoms with Crippen LogP contribution in [-0.4, -0.2) is 64.5 Å². The zero-order chi connectivity index (χ0) is 26.9. The predicted molar refractivity (Wildman–Crippen MR) is 149 cm³/mol. The molecule has 0 aliphatic carbocycles. The second-order valence-electron chi connectivity index (χ2n) is 10.1.